The van der Waals surface area contributed by atoms with Gasteiger partial charge in [-0.15, -0.1) is 0 Å². The fraction of sp³-hybridized carbons (Fsp3) is 0.350. The van der Waals surface area contributed by atoms with Gasteiger partial charge in [0.25, 0.3) is 0 Å². The van der Waals surface area contributed by atoms with Gasteiger partial charge in [-0.25, -0.2) is 0 Å². The molecule has 2 aromatic rings. The van der Waals surface area contributed by atoms with E-state index in [2.05, 4.69) is 5.32 Å². The maximum absolute atomic E-state index is 10.7. The SMILES string of the molecule is CCOc1ccc(NC(C)=O)cc1.COc1ccccc1OCC(O)CO. The normalized spacial score (nSPS) is 10.9. The number of benzene rings is 2. The van der Waals surface area contributed by atoms with Crippen LogP contribution in [0.5, 0.6) is 17.2 Å². The highest BCUT2D eigenvalue weighted by molar-refractivity contribution is 5.88. The molecule has 2 aromatic carbocycles. The predicted molar refractivity (Wildman–Crippen MR) is 103 cm³/mol. The van der Waals surface area contributed by atoms with Gasteiger partial charge in [-0.2, -0.15) is 0 Å². The Morgan fingerprint density at radius 2 is 1.70 bits per heavy atom. The number of aliphatic hydroxyl groups is 2. The lowest BCUT2D eigenvalue weighted by molar-refractivity contribution is -0.114. The van der Waals surface area contributed by atoms with Crippen LogP contribution in [0, 0.1) is 0 Å². The first-order valence-corrected chi connectivity index (χ1v) is 8.55. The third-order valence-electron chi connectivity index (χ3n) is 3.20. The molecule has 0 radical (unpaired) electrons. The zero-order valence-electron chi connectivity index (χ0n) is 15.8. The summed E-state index contributed by atoms with van der Waals surface area (Å²) in [6.07, 6.45) is -0.861. The molecule has 3 N–H and O–H groups in total. The Morgan fingerprint density at radius 1 is 1.07 bits per heavy atom. The number of anilines is 1. The van der Waals surface area contributed by atoms with E-state index >= 15 is 0 Å². The van der Waals surface area contributed by atoms with Crippen molar-refractivity contribution in [1.82, 2.24) is 0 Å². The minimum Gasteiger partial charge on any atom is -0.494 e. The lowest BCUT2D eigenvalue weighted by Gasteiger charge is -2.12. The Hall–Kier alpha value is -2.77. The molecule has 0 aromatic heterocycles. The van der Waals surface area contributed by atoms with Gasteiger partial charge in [0, 0.05) is 12.6 Å². The molecule has 0 saturated heterocycles. The number of methoxy groups -OCH3 is 1. The number of amides is 1. The molecule has 0 aliphatic carbocycles. The van der Waals surface area contributed by atoms with Crippen molar-refractivity contribution in [2.24, 2.45) is 0 Å². The van der Waals surface area contributed by atoms with Gasteiger partial charge in [-0.3, -0.25) is 4.79 Å². The molecule has 7 heteroatoms. The molecule has 0 saturated carbocycles. The Balaban J connectivity index is 0.000000271. The summed E-state index contributed by atoms with van der Waals surface area (Å²) in [6, 6.07) is 14.4. The van der Waals surface area contributed by atoms with E-state index in [1.165, 1.54) is 6.92 Å². The number of carbonyl (C=O) groups is 1. The fourth-order valence-corrected chi connectivity index (χ4v) is 1.98. The van der Waals surface area contributed by atoms with Crippen LogP contribution >= 0.6 is 0 Å². The van der Waals surface area contributed by atoms with E-state index in [-0.39, 0.29) is 19.1 Å². The third-order valence-corrected chi connectivity index (χ3v) is 3.20. The van der Waals surface area contributed by atoms with E-state index in [0.717, 1.165) is 11.4 Å². The molecule has 7 nitrogen and oxygen atoms in total. The van der Waals surface area contributed by atoms with Crippen molar-refractivity contribution in [1.29, 1.82) is 0 Å². The van der Waals surface area contributed by atoms with Crippen LogP contribution in [-0.4, -0.2) is 49.2 Å². The molecule has 0 heterocycles. The molecule has 2 rings (SSSR count). The molecular weight excluding hydrogens is 350 g/mol. The quantitative estimate of drug-likeness (QED) is 0.654. The molecule has 0 aliphatic heterocycles. The van der Waals surface area contributed by atoms with E-state index in [4.69, 9.17) is 24.4 Å². The Labute approximate surface area is 159 Å². The molecule has 0 fully saturated rings. The molecule has 0 bridgehead atoms. The highest BCUT2D eigenvalue weighted by Gasteiger charge is 2.06. The van der Waals surface area contributed by atoms with Crippen molar-refractivity contribution in [3.8, 4) is 17.2 Å². The van der Waals surface area contributed by atoms with Crippen molar-refractivity contribution in [3.05, 3.63) is 48.5 Å². The number of hydrogen-bond acceptors (Lipinski definition) is 6. The van der Waals surface area contributed by atoms with Crippen LogP contribution in [0.4, 0.5) is 5.69 Å². The maximum Gasteiger partial charge on any atom is 0.221 e. The Bertz CT molecular complexity index is 674. The summed E-state index contributed by atoms with van der Waals surface area (Å²) in [5.41, 5.74) is 0.788. The van der Waals surface area contributed by atoms with Crippen molar-refractivity contribution < 1.29 is 29.2 Å². The zero-order chi connectivity index (χ0) is 20.1. The van der Waals surface area contributed by atoms with Gasteiger partial charge >= 0.3 is 0 Å². The monoisotopic (exact) mass is 377 g/mol. The highest BCUT2D eigenvalue weighted by atomic mass is 16.5. The second kappa shape index (κ2) is 12.6. The van der Waals surface area contributed by atoms with E-state index < -0.39 is 6.10 Å². The smallest absolute Gasteiger partial charge is 0.221 e. The zero-order valence-corrected chi connectivity index (χ0v) is 15.8. The Kier molecular flexibility index (Phi) is 10.4. The van der Waals surface area contributed by atoms with Crippen LogP contribution < -0.4 is 19.5 Å². The molecule has 148 valence electrons. The lowest BCUT2D eigenvalue weighted by Crippen LogP contribution is -2.21. The predicted octanol–water partition coefficient (Wildman–Crippen LogP) is 2.47. The van der Waals surface area contributed by atoms with Crippen LogP contribution in [-0.2, 0) is 4.79 Å². The van der Waals surface area contributed by atoms with Crippen molar-refractivity contribution in [2.45, 2.75) is 20.0 Å². The van der Waals surface area contributed by atoms with E-state index in [1.54, 1.807) is 19.2 Å². The average molecular weight is 377 g/mol. The molecule has 1 atom stereocenters. The lowest BCUT2D eigenvalue weighted by atomic mass is 10.3. The summed E-state index contributed by atoms with van der Waals surface area (Å²) >= 11 is 0. The van der Waals surface area contributed by atoms with Crippen molar-refractivity contribution >= 4 is 11.6 Å². The van der Waals surface area contributed by atoms with Gasteiger partial charge in [0.05, 0.1) is 20.3 Å². The molecule has 1 unspecified atom stereocenters. The molecular formula is C20H27NO6. The first kappa shape index (κ1) is 22.3. The standard InChI is InChI=1S/C10H13NO2.C10H14O4/c1-3-13-10-6-4-9(5-7-10)11-8(2)12;1-13-9-4-2-3-5-10(9)14-7-8(12)6-11/h4-7H,3H2,1-2H3,(H,11,12);2-5,8,11-12H,6-7H2,1H3. The van der Waals surface area contributed by atoms with E-state index in [9.17, 15) is 4.79 Å². The van der Waals surface area contributed by atoms with E-state index in [0.29, 0.717) is 18.1 Å². The largest absolute Gasteiger partial charge is 0.494 e. The van der Waals surface area contributed by atoms with E-state index in [1.807, 2.05) is 43.3 Å². The number of carbonyl (C=O) groups excluding carboxylic acids is 1. The summed E-state index contributed by atoms with van der Waals surface area (Å²) in [5.74, 6) is 1.92. The summed E-state index contributed by atoms with van der Waals surface area (Å²) in [5, 5.41) is 20.3. The topological polar surface area (TPSA) is 97.3 Å². The first-order chi connectivity index (χ1) is 13.0. The van der Waals surface area contributed by atoms with Crippen LogP contribution in [0.25, 0.3) is 0 Å². The summed E-state index contributed by atoms with van der Waals surface area (Å²) in [7, 11) is 1.55. The minimum absolute atomic E-state index is 0.0525. The number of para-hydroxylation sites is 2. The van der Waals surface area contributed by atoms with Crippen LogP contribution in [0.3, 0.4) is 0 Å². The Morgan fingerprint density at radius 3 is 2.22 bits per heavy atom. The number of ether oxygens (including phenoxy) is 3. The molecule has 27 heavy (non-hydrogen) atoms. The fourth-order valence-electron chi connectivity index (χ4n) is 1.98. The van der Waals surface area contributed by atoms with Crippen molar-refractivity contribution in [2.75, 3.05) is 32.2 Å². The van der Waals surface area contributed by atoms with Crippen LogP contribution in [0.2, 0.25) is 0 Å². The maximum atomic E-state index is 10.7. The second-order valence-electron chi connectivity index (χ2n) is 5.44. The molecule has 0 spiro atoms. The van der Waals surface area contributed by atoms with Gasteiger partial charge < -0.3 is 29.7 Å². The van der Waals surface area contributed by atoms with Crippen LogP contribution in [0.1, 0.15) is 13.8 Å². The van der Waals surface area contributed by atoms with Crippen LogP contribution in [0.15, 0.2) is 48.5 Å². The number of rotatable bonds is 8. The second-order valence-corrected chi connectivity index (χ2v) is 5.44. The van der Waals surface area contributed by atoms with Gasteiger partial charge in [-0.1, -0.05) is 12.1 Å². The van der Waals surface area contributed by atoms with Gasteiger partial charge in [0.2, 0.25) is 5.91 Å². The van der Waals surface area contributed by atoms with Gasteiger partial charge in [0.15, 0.2) is 11.5 Å². The third kappa shape index (κ3) is 8.94. The average Bonchev–Trinajstić information content (AvgIpc) is 2.68. The summed E-state index contributed by atoms with van der Waals surface area (Å²) in [4.78, 5) is 10.7. The number of hydrogen-bond donors (Lipinski definition) is 3. The minimum atomic E-state index is -0.861. The highest BCUT2D eigenvalue weighted by Crippen LogP contribution is 2.25. The molecule has 0 aliphatic rings. The first-order valence-electron chi connectivity index (χ1n) is 8.55. The number of nitrogens with one attached hydrogen (secondary N) is 1. The summed E-state index contributed by atoms with van der Waals surface area (Å²) in [6.45, 7) is 3.81. The van der Waals surface area contributed by atoms with Gasteiger partial charge in [0.1, 0.15) is 18.5 Å². The molecule has 1 amide bonds. The van der Waals surface area contributed by atoms with Gasteiger partial charge in [-0.05, 0) is 43.3 Å². The number of aliphatic hydroxyl groups excluding tert-OH is 2. The van der Waals surface area contributed by atoms with Crippen molar-refractivity contribution in [3.63, 3.8) is 0 Å². The summed E-state index contributed by atoms with van der Waals surface area (Å²) < 4.78 is 15.5.